The molecule has 0 saturated carbocycles. The first-order valence-electron chi connectivity index (χ1n) is 9.19. The fourth-order valence-electron chi connectivity index (χ4n) is 3.58. The summed E-state index contributed by atoms with van der Waals surface area (Å²) in [7, 11) is 6.54. The molecule has 2 radical (unpaired) electrons. The summed E-state index contributed by atoms with van der Waals surface area (Å²) in [6.07, 6.45) is 0. The average molecular weight is 331 g/mol. The van der Waals surface area contributed by atoms with E-state index < -0.39 is 5.44 Å². The van der Waals surface area contributed by atoms with Crippen molar-refractivity contribution in [2.45, 2.75) is 71.7 Å². The molecule has 1 aromatic heterocycles. The fourth-order valence-corrected chi connectivity index (χ4v) is 3.58. The van der Waals surface area contributed by atoms with Crippen LogP contribution in [-0.2, 0) is 16.3 Å². The summed E-state index contributed by atoms with van der Waals surface area (Å²) in [5.41, 5.74) is 4.94. The van der Waals surface area contributed by atoms with Crippen LogP contribution in [-0.4, -0.2) is 12.4 Å². The quantitative estimate of drug-likeness (QED) is 0.464. The predicted molar refractivity (Wildman–Crippen MR) is 112 cm³/mol. The Kier molecular flexibility index (Phi) is 3.91. The highest BCUT2D eigenvalue weighted by molar-refractivity contribution is 6.17. The average Bonchev–Trinajstić information content (AvgIpc) is 2.77. The molecule has 0 atom stereocenters. The van der Waals surface area contributed by atoms with Crippen LogP contribution in [0.15, 0.2) is 36.4 Å². The van der Waals surface area contributed by atoms with Crippen LogP contribution in [0.1, 0.15) is 66.5 Å². The maximum Gasteiger partial charge on any atom is 0.104 e. The van der Waals surface area contributed by atoms with Crippen LogP contribution < -0.4 is 0 Å². The van der Waals surface area contributed by atoms with Gasteiger partial charge >= 0.3 is 0 Å². The van der Waals surface area contributed by atoms with Gasteiger partial charge in [0.15, 0.2) is 0 Å². The molecule has 0 fully saturated rings. The Labute approximate surface area is 153 Å². The van der Waals surface area contributed by atoms with Crippen molar-refractivity contribution in [3.8, 4) is 0 Å². The van der Waals surface area contributed by atoms with E-state index >= 15 is 0 Å². The molecular formula is C23H30BN. The first-order valence-corrected chi connectivity index (χ1v) is 9.19. The summed E-state index contributed by atoms with van der Waals surface area (Å²) in [6, 6.07) is 13.7. The Morgan fingerprint density at radius 1 is 0.640 bits per heavy atom. The Bertz CT molecular complexity index is 869. The molecule has 0 aliphatic heterocycles. The molecule has 3 rings (SSSR count). The van der Waals surface area contributed by atoms with Gasteiger partial charge in [-0.3, -0.25) is 0 Å². The van der Waals surface area contributed by atoms with Crippen molar-refractivity contribution in [1.82, 2.24) is 4.57 Å². The van der Waals surface area contributed by atoms with Gasteiger partial charge in [-0.25, -0.2) is 0 Å². The summed E-state index contributed by atoms with van der Waals surface area (Å²) < 4.78 is 2.27. The van der Waals surface area contributed by atoms with Crippen molar-refractivity contribution >= 4 is 29.7 Å². The first-order chi connectivity index (χ1) is 11.3. The van der Waals surface area contributed by atoms with Crippen molar-refractivity contribution in [2.24, 2.45) is 0 Å². The van der Waals surface area contributed by atoms with Gasteiger partial charge in [-0.05, 0) is 51.7 Å². The minimum atomic E-state index is -0.452. The number of benzene rings is 2. The first kappa shape index (κ1) is 18.1. The molecule has 2 aromatic carbocycles. The van der Waals surface area contributed by atoms with E-state index in [4.69, 9.17) is 7.85 Å². The highest BCUT2D eigenvalue weighted by Crippen LogP contribution is 2.37. The van der Waals surface area contributed by atoms with E-state index in [-0.39, 0.29) is 10.8 Å². The number of fused-ring (bicyclic) bond motifs is 3. The molecule has 130 valence electrons. The number of hydrogen-bond acceptors (Lipinski definition) is 0. The van der Waals surface area contributed by atoms with Gasteiger partial charge in [0.05, 0.1) is 0 Å². The minimum Gasteiger partial charge on any atom is -0.344 e. The maximum absolute atomic E-state index is 6.54. The summed E-state index contributed by atoms with van der Waals surface area (Å²) in [5, 5.41) is 2.60. The van der Waals surface area contributed by atoms with Gasteiger partial charge in [0, 0.05) is 21.8 Å². The third kappa shape index (κ3) is 3.12. The largest absolute Gasteiger partial charge is 0.344 e. The molecule has 25 heavy (non-hydrogen) atoms. The molecule has 0 aliphatic carbocycles. The van der Waals surface area contributed by atoms with Gasteiger partial charge in [0.1, 0.15) is 7.85 Å². The molecule has 2 heteroatoms. The van der Waals surface area contributed by atoms with Gasteiger partial charge in [0.25, 0.3) is 0 Å². The summed E-state index contributed by atoms with van der Waals surface area (Å²) in [4.78, 5) is 0. The van der Waals surface area contributed by atoms with E-state index in [9.17, 15) is 0 Å². The number of nitrogens with zero attached hydrogens (tertiary/aromatic N) is 1. The second-order valence-corrected chi connectivity index (χ2v) is 9.95. The molecule has 0 amide bonds. The van der Waals surface area contributed by atoms with Gasteiger partial charge in [0.2, 0.25) is 0 Å². The Morgan fingerprint density at radius 3 is 1.28 bits per heavy atom. The Hall–Kier alpha value is -1.70. The van der Waals surface area contributed by atoms with E-state index in [1.54, 1.807) is 0 Å². The molecule has 1 nitrogen and oxygen atoms in total. The maximum atomic E-state index is 6.54. The highest BCUT2D eigenvalue weighted by Gasteiger charge is 2.23. The molecule has 0 spiro atoms. The van der Waals surface area contributed by atoms with E-state index in [0.29, 0.717) is 0 Å². The Balaban J connectivity index is 2.47. The lowest BCUT2D eigenvalue weighted by molar-refractivity contribution is 0.557. The molecular weight excluding hydrogens is 301 g/mol. The third-order valence-corrected chi connectivity index (χ3v) is 5.07. The topological polar surface area (TPSA) is 4.93 Å². The molecule has 0 bridgehead atoms. The van der Waals surface area contributed by atoms with E-state index in [2.05, 4.69) is 96.4 Å². The zero-order valence-electron chi connectivity index (χ0n) is 17.0. The van der Waals surface area contributed by atoms with Crippen LogP contribution in [0, 0.1) is 0 Å². The second kappa shape index (κ2) is 5.40. The lowest BCUT2D eigenvalue weighted by atomic mass is 9.81. The second-order valence-electron chi connectivity index (χ2n) is 9.95. The molecule has 0 aliphatic rings. The lowest BCUT2D eigenvalue weighted by Crippen LogP contribution is -2.26. The number of hydrogen-bond donors (Lipinski definition) is 0. The van der Waals surface area contributed by atoms with Gasteiger partial charge in [-0.2, -0.15) is 0 Å². The lowest BCUT2D eigenvalue weighted by Gasteiger charge is -2.26. The van der Waals surface area contributed by atoms with Crippen molar-refractivity contribution in [3.05, 3.63) is 47.5 Å². The van der Waals surface area contributed by atoms with Gasteiger partial charge in [-0.1, -0.05) is 67.5 Å². The van der Waals surface area contributed by atoms with Crippen LogP contribution in [0.25, 0.3) is 21.8 Å². The van der Waals surface area contributed by atoms with Crippen molar-refractivity contribution in [3.63, 3.8) is 0 Å². The predicted octanol–water partition coefficient (Wildman–Crippen LogP) is 6.25. The minimum absolute atomic E-state index is 0.127. The van der Waals surface area contributed by atoms with Crippen molar-refractivity contribution in [1.29, 1.82) is 0 Å². The molecule has 3 aromatic rings. The van der Waals surface area contributed by atoms with E-state index in [1.807, 2.05) is 0 Å². The third-order valence-electron chi connectivity index (χ3n) is 5.07. The van der Waals surface area contributed by atoms with Crippen molar-refractivity contribution in [2.75, 3.05) is 0 Å². The summed E-state index contributed by atoms with van der Waals surface area (Å²) >= 11 is 0. The van der Waals surface area contributed by atoms with Crippen LogP contribution in [0.5, 0.6) is 0 Å². The molecule has 0 saturated heterocycles. The standard InChI is InChI=1S/C23H30BN/c1-21(2,3)15-9-11-19-17(13-15)18-14-16(22(4,5)6)10-12-20(18)25(19)23(7,8)24/h9-14H,1-8H3. The van der Waals surface area contributed by atoms with Crippen LogP contribution in [0.2, 0.25) is 0 Å². The smallest absolute Gasteiger partial charge is 0.104 e. The fraction of sp³-hybridized carbons (Fsp3) is 0.478. The monoisotopic (exact) mass is 331 g/mol. The summed E-state index contributed by atoms with van der Waals surface area (Å²) in [6.45, 7) is 17.7. The number of rotatable bonds is 1. The number of aromatic nitrogens is 1. The zero-order chi connectivity index (χ0) is 18.8. The Morgan fingerprint density at radius 2 is 1.00 bits per heavy atom. The SMILES string of the molecule is [B]C(C)(C)n1c2ccc(C(C)(C)C)cc2c2cc(C(C)(C)C)ccc21. The van der Waals surface area contributed by atoms with Crippen LogP contribution in [0.4, 0.5) is 0 Å². The van der Waals surface area contributed by atoms with Crippen LogP contribution in [0.3, 0.4) is 0 Å². The van der Waals surface area contributed by atoms with E-state index in [1.165, 1.54) is 32.9 Å². The van der Waals surface area contributed by atoms with Gasteiger partial charge < -0.3 is 4.57 Å². The molecule has 0 unspecified atom stereocenters. The normalized spacial score (nSPS) is 13.8. The van der Waals surface area contributed by atoms with Gasteiger partial charge in [-0.15, -0.1) is 0 Å². The molecule has 0 N–H and O–H groups in total. The molecule has 1 heterocycles. The van der Waals surface area contributed by atoms with Crippen molar-refractivity contribution < 1.29 is 0 Å². The summed E-state index contributed by atoms with van der Waals surface area (Å²) in [5.74, 6) is 0. The zero-order valence-corrected chi connectivity index (χ0v) is 17.0. The van der Waals surface area contributed by atoms with Crippen LogP contribution >= 0.6 is 0 Å². The van der Waals surface area contributed by atoms with E-state index in [0.717, 1.165) is 0 Å². The highest BCUT2D eigenvalue weighted by atomic mass is 15.0.